The summed E-state index contributed by atoms with van der Waals surface area (Å²) >= 11 is 0. The molecule has 0 amide bonds. The van der Waals surface area contributed by atoms with Gasteiger partial charge in [-0.25, -0.2) is 4.98 Å². The molecule has 3 aromatic heterocycles. The minimum absolute atomic E-state index is 0.0741. The highest BCUT2D eigenvalue weighted by molar-refractivity contribution is 5.89. The van der Waals surface area contributed by atoms with Crippen LogP contribution in [0.25, 0.3) is 44.4 Å². The van der Waals surface area contributed by atoms with E-state index in [1.54, 1.807) is 0 Å². The Morgan fingerprint density at radius 3 is 1.85 bits per heavy atom. The zero-order chi connectivity index (χ0) is 22.5. The molecule has 0 spiro atoms. The van der Waals surface area contributed by atoms with Gasteiger partial charge in [0.25, 0.3) is 0 Å². The second-order valence-corrected chi connectivity index (χ2v) is 8.62. The molecule has 4 nitrogen and oxygen atoms in total. The topological polar surface area (TPSA) is 57.6 Å². The van der Waals surface area contributed by atoms with Crippen molar-refractivity contribution in [1.29, 1.82) is 0 Å². The maximum absolute atomic E-state index is 5.99. The Morgan fingerprint density at radius 2 is 1.21 bits per heavy atom. The van der Waals surface area contributed by atoms with Crippen molar-refractivity contribution < 1.29 is 4.42 Å². The summed E-state index contributed by atoms with van der Waals surface area (Å²) in [6.45, 7) is 0. The Kier molecular flexibility index (Phi) is 4.18. The fourth-order valence-corrected chi connectivity index (χ4v) is 5.01. The summed E-state index contributed by atoms with van der Waals surface area (Å²) in [6.07, 6.45) is 4.29. The van der Waals surface area contributed by atoms with Crippen LogP contribution in [-0.4, -0.2) is 15.0 Å². The Morgan fingerprint density at radius 1 is 0.618 bits per heavy atom. The highest BCUT2D eigenvalue weighted by Gasteiger charge is 2.23. The number of aromatic nitrogens is 3. The Bertz CT molecular complexity index is 1660. The second kappa shape index (κ2) is 7.49. The van der Waals surface area contributed by atoms with Crippen molar-refractivity contribution in [2.24, 2.45) is 0 Å². The van der Waals surface area contributed by atoms with Crippen LogP contribution < -0.4 is 0 Å². The number of para-hydroxylation sites is 4. The van der Waals surface area contributed by atoms with Gasteiger partial charge in [0.1, 0.15) is 5.52 Å². The monoisotopic (exact) mass is 439 g/mol. The van der Waals surface area contributed by atoms with E-state index < -0.39 is 0 Å². The van der Waals surface area contributed by atoms with Crippen molar-refractivity contribution in [3.63, 3.8) is 0 Å². The zero-order valence-corrected chi connectivity index (χ0v) is 18.3. The number of nitrogens with one attached hydrogen (secondary N) is 2. The molecule has 0 radical (unpaired) electrons. The summed E-state index contributed by atoms with van der Waals surface area (Å²) in [7, 11) is 0. The Labute approximate surface area is 195 Å². The summed E-state index contributed by atoms with van der Waals surface area (Å²) in [5, 5.41) is 2.47. The van der Waals surface area contributed by atoms with Crippen molar-refractivity contribution in [3.05, 3.63) is 126 Å². The molecule has 0 saturated carbocycles. The standard InChI is InChI=1S/C30H21N3O/c1-3-9-25-21(7-1)23(17-31-25)29(24-18-32-26-10-4-2-8-22(24)26)19-13-15-20(16-14-19)30-33-27-11-5-6-12-28(27)34-30/h1-18,29,31-32H. The predicted molar refractivity (Wildman–Crippen MR) is 137 cm³/mol. The number of fused-ring (bicyclic) bond motifs is 3. The van der Waals surface area contributed by atoms with Gasteiger partial charge in [0.15, 0.2) is 5.58 Å². The van der Waals surface area contributed by atoms with Crippen LogP contribution in [-0.2, 0) is 0 Å². The van der Waals surface area contributed by atoms with Crippen LogP contribution in [0.15, 0.2) is 114 Å². The second-order valence-electron chi connectivity index (χ2n) is 8.62. The van der Waals surface area contributed by atoms with Gasteiger partial charge in [-0.15, -0.1) is 0 Å². The Balaban J connectivity index is 1.39. The van der Waals surface area contributed by atoms with E-state index in [-0.39, 0.29) is 5.92 Å². The molecule has 7 rings (SSSR count). The first kappa shape index (κ1) is 18.9. The maximum atomic E-state index is 5.99. The van der Waals surface area contributed by atoms with E-state index in [9.17, 15) is 0 Å². The van der Waals surface area contributed by atoms with Gasteiger partial charge < -0.3 is 14.4 Å². The van der Waals surface area contributed by atoms with Crippen LogP contribution in [0.3, 0.4) is 0 Å². The largest absolute Gasteiger partial charge is 0.436 e. The molecule has 0 atom stereocenters. The van der Waals surface area contributed by atoms with Crippen molar-refractivity contribution in [3.8, 4) is 11.5 Å². The van der Waals surface area contributed by atoms with E-state index in [0.29, 0.717) is 5.89 Å². The summed E-state index contributed by atoms with van der Waals surface area (Å²) in [5.41, 5.74) is 8.67. The number of rotatable bonds is 4. The number of oxazole rings is 1. The average molecular weight is 440 g/mol. The number of nitrogens with zero attached hydrogens (tertiary/aromatic N) is 1. The molecule has 0 saturated heterocycles. The number of hydrogen-bond acceptors (Lipinski definition) is 2. The van der Waals surface area contributed by atoms with Gasteiger partial charge in [-0.05, 0) is 53.1 Å². The van der Waals surface area contributed by atoms with Crippen molar-refractivity contribution >= 4 is 32.9 Å². The highest BCUT2D eigenvalue weighted by atomic mass is 16.3. The molecule has 0 aliphatic heterocycles. The van der Waals surface area contributed by atoms with Crippen LogP contribution in [0.4, 0.5) is 0 Å². The molecule has 0 aliphatic carbocycles. The van der Waals surface area contributed by atoms with E-state index >= 15 is 0 Å². The third-order valence-corrected chi connectivity index (χ3v) is 6.65. The SMILES string of the molecule is c1ccc2oc(-c3ccc(C(c4c[nH]c5ccccc45)c4c[nH]c5ccccc45)cc3)nc2c1. The van der Waals surface area contributed by atoms with E-state index in [0.717, 1.165) is 27.7 Å². The van der Waals surface area contributed by atoms with Gasteiger partial charge in [0.05, 0.1) is 0 Å². The smallest absolute Gasteiger partial charge is 0.227 e. The summed E-state index contributed by atoms with van der Waals surface area (Å²) in [6, 6.07) is 33.4. The van der Waals surface area contributed by atoms with Gasteiger partial charge in [-0.1, -0.05) is 60.7 Å². The van der Waals surface area contributed by atoms with E-state index in [1.807, 2.05) is 24.3 Å². The molecule has 4 aromatic carbocycles. The summed E-state index contributed by atoms with van der Waals surface area (Å²) in [4.78, 5) is 11.6. The zero-order valence-electron chi connectivity index (χ0n) is 18.3. The van der Waals surface area contributed by atoms with Gasteiger partial charge in [0, 0.05) is 45.7 Å². The normalized spacial score (nSPS) is 11.8. The van der Waals surface area contributed by atoms with Crippen molar-refractivity contribution in [2.75, 3.05) is 0 Å². The number of aromatic amines is 2. The highest BCUT2D eigenvalue weighted by Crippen LogP contribution is 2.40. The molecule has 3 heterocycles. The lowest BCUT2D eigenvalue weighted by molar-refractivity contribution is 0.620. The molecule has 0 fully saturated rings. The fourth-order valence-electron chi connectivity index (χ4n) is 5.01. The molecule has 4 heteroatoms. The third-order valence-electron chi connectivity index (χ3n) is 6.65. The van der Waals surface area contributed by atoms with Gasteiger partial charge in [-0.3, -0.25) is 0 Å². The van der Waals surface area contributed by atoms with Crippen LogP contribution in [0, 0.1) is 0 Å². The molecular weight excluding hydrogens is 418 g/mol. The first-order valence-corrected chi connectivity index (χ1v) is 11.4. The van der Waals surface area contributed by atoms with Crippen molar-refractivity contribution in [2.45, 2.75) is 5.92 Å². The fraction of sp³-hybridized carbons (Fsp3) is 0.0333. The maximum Gasteiger partial charge on any atom is 0.227 e. The lowest BCUT2D eigenvalue weighted by Crippen LogP contribution is -2.02. The van der Waals surface area contributed by atoms with Gasteiger partial charge >= 0.3 is 0 Å². The number of benzene rings is 4. The van der Waals surface area contributed by atoms with Crippen molar-refractivity contribution in [1.82, 2.24) is 15.0 Å². The van der Waals surface area contributed by atoms with Gasteiger partial charge in [-0.2, -0.15) is 0 Å². The molecule has 0 aliphatic rings. The molecule has 0 unspecified atom stereocenters. The molecule has 162 valence electrons. The lowest BCUT2D eigenvalue weighted by atomic mass is 9.84. The first-order chi connectivity index (χ1) is 16.8. The molecule has 34 heavy (non-hydrogen) atoms. The van der Waals surface area contributed by atoms with E-state index in [1.165, 1.54) is 27.5 Å². The molecule has 7 aromatic rings. The van der Waals surface area contributed by atoms with Crippen LogP contribution in [0.5, 0.6) is 0 Å². The quantitative estimate of drug-likeness (QED) is 0.296. The minimum Gasteiger partial charge on any atom is -0.436 e. The minimum atomic E-state index is 0.0741. The Hall–Kier alpha value is -4.57. The van der Waals surface area contributed by atoms with E-state index in [4.69, 9.17) is 4.42 Å². The lowest BCUT2D eigenvalue weighted by Gasteiger charge is -2.18. The van der Waals surface area contributed by atoms with Crippen LogP contribution >= 0.6 is 0 Å². The van der Waals surface area contributed by atoms with Gasteiger partial charge in [0.2, 0.25) is 5.89 Å². The number of H-pyrrole nitrogens is 2. The first-order valence-electron chi connectivity index (χ1n) is 11.4. The van der Waals surface area contributed by atoms with E-state index in [2.05, 4.69) is 100 Å². The third kappa shape index (κ3) is 2.96. The molecular formula is C30H21N3O. The summed E-state index contributed by atoms with van der Waals surface area (Å²) in [5.74, 6) is 0.716. The number of hydrogen-bond donors (Lipinski definition) is 2. The van der Waals surface area contributed by atoms with Crippen LogP contribution in [0.2, 0.25) is 0 Å². The average Bonchev–Trinajstić information content (AvgIpc) is 3.62. The van der Waals surface area contributed by atoms with Crippen LogP contribution in [0.1, 0.15) is 22.6 Å². The summed E-state index contributed by atoms with van der Waals surface area (Å²) < 4.78 is 5.99. The predicted octanol–water partition coefficient (Wildman–Crippen LogP) is 7.64. The molecule has 2 N–H and O–H groups in total. The molecule has 0 bridgehead atoms.